The maximum Gasteiger partial charge on any atom is 0.307 e. The minimum absolute atomic E-state index is 0.0794. The van der Waals surface area contributed by atoms with Gasteiger partial charge in [0.2, 0.25) is 5.91 Å². The summed E-state index contributed by atoms with van der Waals surface area (Å²) in [5, 5.41) is 12.1. The van der Waals surface area contributed by atoms with Crippen molar-refractivity contribution >= 4 is 11.9 Å². The van der Waals surface area contributed by atoms with Gasteiger partial charge < -0.3 is 10.4 Å². The number of hydrogen-bond donors (Lipinski definition) is 2. The average Bonchev–Trinajstić information content (AvgIpc) is 2.91. The van der Waals surface area contributed by atoms with E-state index in [4.69, 9.17) is 5.11 Å². The van der Waals surface area contributed by atoms with Gasteiger partial charge in [-0.3, -0.25) is 9.59 Å². The number of hydrogen-bond acceptors (Lipinski definition) is 2. The molecule has 0 bridgehead atoms. The molecule has 0 radical (unpaired) electrons. The van der Waals surface area contributed by atoms with Gasteiger partial charge in [0.05, 0.1) is 11.8 Å². The summed E-state index contributed by atoms with van der Waals surface area (Å²) in [6, 6.07) is 0. The normalized spacial score (nSPS) is 31.5. The molecule has 0 unspecified atom stereocenters. The lowest BCUT2D eigenvalue weighted by molar-refractivity contribution is -0.140. The summed E-state index contributed by atoms with van der Waals surface area (Å²) in [4.78, 5) is 23.2. The Morgan fingerprint density at radius 3 is 2.16 bits per heavy atom. The molecule has 2 aliphatic carbocycles. The molecular weight excluding hydrogens is 242 g/mol. The number of amides is 1. The van der Waals surface area contributed by atoms with Crippen LogP contribution in [-0.4, -0.2) is 23.5 Å². The lowest BCUT2D eigenvalue weighted by atomic mass is 9.76. The Bertz CT molecular complexity index is 383. The quantitative estimate of drug-likeness (QED) is 0.822. The van der Waals surface area contributed by atoms with E-state index in [0.717, 1.165) is 12.8 Å². The largest absolute Gasteiger partial charge is 0.481 e. The molecule has 108 valence electrons. The summed E-state index contributed by atoms with van der Waals surface area (Å²) in [6.07, 6.45) is 6.08. The topological polar surface area (TPSA) is 66.4 Å². The number of carbonyl (C=O) groups is 2. The molecule has 0 aromatic carbocycles. The highest BCUT2D eigenvalue weighted by Crippen LogP contribution is 2.58. The number of aliphatic carboxylic acids is 1. The van der Waals surface area contributed by atoms with E-state index in [1.54, 1.807) is 0 Å². The lowest BCUT2D eigenvalue weighted by Crippen LogP contribution is -2.38. The van der Waals surface area contributed by atoms with Gasteiger partial charge in [0, 0.05) is 6.54 Å². The van der Waals surface area contributed by atoms with E-state index in [1.807, 2.05) is 13.8 Å². The van der Waals surface area contributed by atoms with Gasteiger partial charge >= 0.3 is 5.97 Å². The van der Waals surface area contributed by atoms with Gasteiger partial charge in [-0.05, 0) is 23.7 Å². The summed E-state index contributed by atoms with van der Waals surface area (Å²) in [7, 11) is 0. The third kappa shape index (κ3) is 2.77. The first-order valence-electron chi connectivity index (χ1n) is 7.28. The molecular formula is C15H25NO3. The van der Waals surface area contributed by atoms with Gasteiger partial charge in [0.25, 0.3) is 0 Å². The van der Waals surface area contributed by atoms with Gasteiger partial charge in [-0.1, -0.05) is 40.0 Å². The van der Waals surface area contributed by atoms with Crippen LogP contribution in [0.5, 0.6) is 0 Å². The molecule has 4 heteroatoms. The molecule has 0 saturated heterocycles. The Morgan fingerprint density at radius 1 is 1.11 bits per heavy atom. The van der Waals surface area contributed by atoms with E-state index in [2.05, 4.69) is 12.2 Å². The van der Waals surface area contributed by atoms with Crippen molar-refractivity contribution < 1.29 is 14.7 Å². The van der Waals surface area contributed by atoms with E-state index < -0.39 is 17.3 Å². The summed E-state index contributed by atoms with van der Waals surface area (Å²) in [6.45, 7) is 6.63. The smallest absolute Gasteiger partial charge is 0.307 e. The van der Waals surface area contributed by atoms with Crippen LogP contribution in [0, 0.1) is 22.7 Å². The predicted molar refractivity (Wildman–Crippen MR) is 72.6 cm³/mol. The molecule has 2 aliphatic rings. The van der Waals surface area contributed by atoms with E-state index in [0.29, 0.717) is 6.54 Å². The van der Waals surface area contributed by atoms with Crippen LogP contribution in [0.4, 0.5) is 0 Å². The van der Waals surface area contributed by atoms with Gasteiger partial charge in [0.15, 0.2) is 0 Å². The van der Waals surface area contributed by atoms with Crippen molar-refractivity contribution in [1.82, 2.24) is 5.32 Å². The first-order chi connectivity index (χ1) is 8.78. The van der Waals surface area contributed by atoms with Crippen LogP contribution in [-0.2, 0) is 9.59 Å². The Balaban J connectivity index is 1.87. The van der Waals surface area contributed by atoms with Gasteiger partial charge in [-0.25, -0.2) is 0 Å². The third-order valence-corrected chi connectivity index (χ3v) is 5.13. The van der Waals surface area contributed by atoms with E-state index in [-0.39, 0.29) is 17.2 Å². The second-order valence-corrected chi connectivity index (χ2v) is 7.20. The SMILES string of the molecule is CC1(CNC(=O)[C@H]2[C@@H](C(=O)O)C2(C)C)CCCCC1. The van der Waals surface area contributed by atoms with Crippen LogP contribution in [0.25, 0.3) is 0 Å². The highest BCUT2D eigenvalue weighted by Gasteiger charge is 2.65. The van der Waals surface area contributed by atoms with Crippen LogP contribution in [0.15, 0.2) is 0 Å². The number of carboxylic acids is 1. The molecule has 0 heterocycles. The standard InChI is InChI=1S/C15H25NO3/c1-14(2)10(11(14)13(18)19)12(17)16-9-15(3)7-5-4-6-8-15/h10-11H,4-9H2,1-3H3,(H,16,17)(H,18,19)/t10-,11+/m1/s1. The Kier molecular flexibility index (Phi) is 3.63. The maximum absolute atomic E-state index is 12.1. The molecule has 0 aromatic rings. The second-order valence-electron chi connectivity index (χ2n) is 7.20. The van der Waals surface area contributed by atoms with E-state index >= 15 is 0 Å². The monoisotopic (exact) mass is 267 g/mol. The van der Waals surface area contributed by atoms with Crippen LogP contribution in [0.1, 0.15) is 52.9 Å². The molecule has 2 atom stereocenters. The van der Waals surface area contributed by atoms with Gasteiger partial charge in [0.1, 0.15) is 0 Å². The van der Waals surface area contributed by atoms with Crippen LogP contribution in [0.2, 0.25) is 0 Å². The molecule has 0 aromatic heterocycles. The molecule has 0 aliphatic heterocycles. The molecule has 19 heavy (non-hydrogen) atoms. The molecule has 2 N–H and O–H groups in total. The van der Waals surface area contributed by atoms with Gasteiger partial charge in [-0.15, -0.1) is 0 Å². The van der Waals surface area contributed by atoms with Gasteiger partial charge in [-0.2, -0.15) is 0 Å². The summed E-state index contributed by atoms with van der Waals surface area (Å²) < 4.78 is 0. The third-order valence-electron chi connectivity index (χ3n) is 5.13. The molecule has 2 rings (SSSR count). The first kappa shape index (κ1) is 14.4. The molecule has 1 amide bonds. The fraction of sp³-hybridized carbons (Fsp3) is 0.867. The summed E-state index contributed by atoms with van der Waals surface area (Å²) >= 11 is 0. The van der Waals surface area contributed by atoms with Crippen molar-refractivity contribution in [2.75, 3.05) is 6.54 Å². The summed E-state index contributed by atoms with van der Waals surface area (Å²) in [5.41, 5.74) is -0.199. The fourth-order valence-corrected chi connectivity index (χ4v) is 3.58. The zero-order chi connectivity index (χ0) is 14.3. The van der Waals surface area contributed by atoms with Crippen LogP contribution in [0.3, 0.4) is 0 Å². The molecule has 2 fully saturated rings. The maximum atomic E-state index is 12.1. The molecule has 0 spiro atoms. The van der Waals surface area contributed by atoms with Crippen molar-refractivity contribution in [3.63, 3.8) is 0 Å². The number of nitrogens with one attached hydrogen (secondary N) is 1. The average molecular weight is 267 g/mol. The number of carboxylic acid groups (broad SMARTS) is 1. The van der Waals surface area contributed by atoms with Crippen LogP contribution < -0.4 is 5.32 Å². The highest BCUT2D eigenvalue weighted by molar-refractivity contribution is 5.91. The van der Waals surface area contributed by atoms with Crippen molar-refractivity contribution in [2.24, 2.45) is 22.7 Å². The van der Waals surface area contributed by atoms with Crippen molar-refractivity contribution in [3.05, 3.63) is 0 Å². The predicted octanol–water partition coefficient (Wildman–Crippen LogP) is 2.43. The number of rotatable bonds is 4. The van der Waals surface area contributed by atoms with E-state index in [1.165, 1.54) is 19.3 Å². The minimum atomic E-state index is -0.853. The zero-order valence-electron chi connectivity index (χ0n) is 12.2. The Hall–Kier alpha value is -1.06. The minimum Gasteiger partial charge on any atom is -0.481 e. The summed E-state index contributed by atoms with van der Waals surface area (Å²) in [5.74, 6) is -1.82. The van der Waals surface area contributed by atoms with Crippen molar-refractivity contribution in [2.45, 2.75) is 52.9 Å². The lowest BCUT2D eigenvalue weighted by Gasteiger charge is -2.33. The van der Waals surface area contributed by atoms with Crippen molar-refractivity contribution in [1.29, 1.82) is 0 Å². The Morgan fingerprint density at radius 2 is 1.68 bits per heavy atom. The van der Waals surface area contributed by atoms with Crippen molar-refractivity contribution in [3.8, 4) is 0 Å². The first-order valence-corrected chi connectivity index (χ1v) is 7.28. The molecule has 4 nitrogen and oxygen atoms in total. The fourth-order valence-electron chi connectivity index (χ4n) is 3.58. The Labute approximate surface area is 115 Å². The zero-order valence-corrected chi connectivity index (χ0v) is 12.2. The number of carbonyl (C=O) groups excluding carboxylic acids is 1. The molecule has 2 saturated carbocycles. The van der Waals surface area contributed by atoms with Crippen LogP contribution >= 0.6 is 0 Å². The second kappa shape index (κ2) is 4.80. The van der Waals surface area contributed by atoms with E-state index in [9.17, 15) is 9.59 Å². The highest BCUT2D eigenvalue weighted by atomic mass is 16.4.